The number of carbonyl (C=O) groups excluding carboxylic acids is 2. The number of rotatable bonds is 11. The highest BCUT2D eigenvalue weighted by atomic mass is 16.6. The quantitative estimate of drug-likeness (QED) is 0.375. The van der Waals surface area contributed by atoms with E-state index in [4.69, 9.17) is 9.47 Å². The number of nitrogens with zero attached hydrogens (tertiary/aromatic N) is 2. The van der Waals surface area contributed by atoms with E-state index >= 15 is 0 Å². The number of pyridine rings is 2. The van der Waals surface area contributed by atoms with Crippen LogP contribution in [0.2, 0.25) is 0 Å². The van der Waals surface area contributed by atoms with Crippen molar-refractivity contribution in [3.63, 3.8) is 0 Å². The Hall–Kier alpha value is -3.98. The van der Waals surface area contributed by atoms with Crippen molar-refractivity contribution in [2.24, 2.45) is 5.92 Å². The van der Waals surface area contributed by atoms with Crippen molar-refractivity contribution >= 4 is 28.9 Å². The molecule has 0 spiro atoms. The molecule has 3 aromatic rings. The zero-order valence-corrected chi connectivity index (χ0v) is 19.9. The molecule has 1 atom stereocenters. The molecule has 2 fully saturated rings. The molecule has 2 aliphatic rings. The van der Waals surface area contributed by atoms with Crippen LogP contribution in [-0.2, 0) is 9.53 Å². The summed E-state index contributed by atoms with van der Waals surface area (Å²) in [5.41, 5.74) is 2.80. The number of ether oxygens (including phenoxy) is 2. The Bertz CT molecular complexity index is 1160. The van der Waals surface area contributed by atoms with Gasteiger partial charge in [0.2, 0.25) is 11.8 Å². The molecule has 1 aromatic carbocycles. The van der Waals surface area contributed by atoms with E-state index in [0.717, 1.165) is 17.8 Å². The monoisotopic (exact) mass is 487 g/mol. The largest absolute Gasteiger partial charge is 0.469 e. The van der Waals surface area contributed by atoms with Gasteiger partial charge in [-0.15, -0.1) is 0 Å². The first-order valence-corrected chi connectivity index (χ1v) is 12.2. The minimum atomic E-state index is -0.643. The predicted octanol–water partition coefficient (Wildman–Crippen LogP) is 3.93. The second-order valence-corrected chi connectivity index (χ2v) is 9.14. The predicted molar refractivity (Wildman–Crippen MR) is 135 cm³/mol. The molecule has 0 radical (unpaired) electrons. The van der Waals surface area contributed by atoms with Crippen molar-refractivity contribution in [3.8, 4) is 5.88 Å². The summed E-state index contributed by atoms with van der Waals surface area (Å²) in [6.07, 6.45) is 8.86. The molecule has 3 heterocycles. The number of hydrogen-bond donors (Lipinski definition) is 3. The molecule has 1 saturated carbocycles. The van der Waals surface area contributed by atoms with Crippen molar-refractivity contribution in [1.29, 1.82) is 0 Å². The first kappa shape index (κ1) is 23.7. The molecule has 5 rings (SSSR count). The molecule has 186 valence electrons. The topological polar surface area (TPSA) is 114 Å². The van der Waals surface area contributed by atoms with Gasteiger partial charge in [0.05, 0.1) is 25.1 Å². The number of anilines is 3. The van der Waals surface area contributed by atoms with E-state index in [-0.39, 0.29) is 17.9 Å². The lowest BCUT2D eigenvalue weighted by atomic mass is 10.1. The Morgan fingerprint density at radius 3 is 2.33 bits per heavy atom. The Kier molecular flexibility index (Phi) is 7.37. The number of benzene rings is 1. The fourth-order valence-corrected chi connectivity index (χ4v) is 3.83. The summed E-state index contributed by atoms with van der Waals surface area (Å²) in [7, 11) is 0. The molecule has 1 unspecified atom stereocenters. The van der Waals surface area contributed by atoms with Gasteiger partial charge in [0.25, 0.3) is 5.91 Å². The Morgan fingerprint density at radius 1 is 0.972 bits per heavy atom. The minimum Gasteiger partial charge on any atom is -0.469 e. The minimum absolute atomic E-state index is 0.0282. The van der Waals surface area contributed by atoms with Gasteiger partial charge in [-0.2, -0.15) is 0 Å². The highest BCUT2D eigenvalue weighted by Crippen LogP contribution is 2.34. The van der Waals surface area contributed by atoms with Gasteiger partial charge in [-0.05, 0) is 61.2 Å². The number of nitrogens with one attached hydrogen (secondary N) is 3. The number of amides is 2. The van der Waals surface area contributed by atoms with Crippen LogP contribution in [0.4, 0.5) is 17.1 Å². The maximum absolute atomic E-state index is 13.1. The summed E-state index contributed by atoms with van der Waals surface area (Å²) in [5.74, 6) is 0.583. The highest BCUT2D eigenvalue weighted by molar-refractivity contribution is 6.01. The van der Waals surface area contributed by atoms with E-state index in [9.17, 15) is 9.59 Å². The SMILES string of the molecule is O=C(NC(CCC1CC1)C(=O)Nc1ccc(OC2COC2)nc1)c1ccc(Nc2ccncc2)cc1. The maximum atomic E-state index is 13.1. The first-order chi connectivity index (χ1) is 17.6. The van der Waals surface area contributed by atoms with Gasteiger partial charge in [-0.3, -0.25) is 14.6 Å². The van der Waals surface area contributed by atoms with Crippen molar-refractivity contribution < 1.29 is 19.1 Å². The van der Waals surface area contributed by atoms with Gasteiger partial charge in [0.15, 0.2) is 0 Å². The van der Waals surface area contributed by atoms with Crippen molar-refractivity contribution in [3.05, 3.63) is 72.7 Å². The van der Waals surface area contributed by atoms with E-state index in [0.29, 0.717) is 42.7 Å². The fourth-order valence-electron chi connectivity index (χ4n) is 3.83. The molecular formula is C27H29N5O4. The van der Waals surface area contributed by atoms with Crippen LogP contribution in [0.5, 0.6) is 5.88 Å². The number of aromatic nitrogens is 2. The van der Waals surface area contributed by atoms with E-state index in [2.05, 4.69) is 25.9 Å². The van der Waals surface area contributed by atoms with E-state index in [1.54, 1.807) is 42.9 Å². The molecule has 36 heavy (non-hydrogen) atoms. The molecule has 3 N–H and O–H groups in total. The standard InChI is InChI=1S/C27H29N5O4/c33-26(19-4-6-20(7-5-19)30-21-11-13-28-14-12-21)32-24(9-3-18-1-2-18)27(34)31-22-8-10-25(29-15-22)36-23-16-35-17-23/h4-8,10-15,18,23-24H,1-3,9,16-17H2,(H,28,30)(H,31,34)(H,32,33). The molecule has 1 aliphatic carbocycles. The van der Waals surface area contributed by atoms with Crippen LogP contribution in [0.25, 0.3) is 0 Å². The average Bonchev–Trinajstić information content (AvgIpc) is 3.70. The van der Waals surface area contributed by atoms with Gasteiger partial charge >= 0.3 is 0 Å². The van der Waals surface area contributed by atoms with E-state index in [1.807, 2.05) is 24.3 Å². The summed E-state index contributed by atoms with van der Waals surface area (Å²) in [6.45, 7) is 1.12. The summed E-state index contributed by atoms with van der Waals surface area (Å²) < 4.78 is 10.8. The summed E-state index contributed by atoms with van der Waals surface area (Å²) >= 11 is 0. The lowest BCUT2D eigenvalue weighted by Gasteiger charge is -2.26. The van der Waals surface area contributed by atoms with Crippen LogP contribution >= 0.6 is 0 Å². The molecule has 0 bridgehead atoms. The molecule has 9 nitrogen and oxygen atoms in total. The van der Waals surface area contributed by atoms with Crippen LogP contribution in [0, 0.1) is 5.92 Å². The van der Waals surface area contributed by atoms with E-state index < -0.39 is 6.04 Å². The fraction of sp³-hybridized carbons (Fsp3) is 0.333. The van der Waals surface area contributed by atoms with Crippen LogP contribution in [0.3, 0.4) is 0 Å². The zero-order chi connectivity index (χ0) is 24.7. The molecule has 2 aromatic heterocycles. The van der Waals surface area contributed by atoms with Crippen LogP contribution in [-0.4, -0.2) is 47.1 Å². The third-order valence-electron chi connectivity index (χ3n) is 6.20. The maximum Gasteiger partial charge on any atom is 0.251 e. The van der Waals surface area contributed by atoms with Crippen LogP contribution in [0.15, 0.2) is 67.1 Å². The molecule has 2 amide bonds. The average molecular weight is 488 g/mol. The molecular weight excluding hydrogens is 458 g/mol. The Morgan fingerprint density at radius 2 is 1.69 bits per heavy atom. The zero-order valence-electron chi connectivity index (χ0n) is 19.9. The van der Waals surface area contributed by atoms with E-state index in [1.165, 1.54) is 12.8 Å². The Balaban J connectivity index is 1.19. The number of hydrogen-bond acceptors (Lipinski definition) is 7. The molecule has 1 saturated heterocycles. The van der Waals surface area contributed by atoms with Crippen molar-refractivity contribution in [2.45, 2.75) is 37.8 Å². The van der Waals surface area contributed by atoms with Gasteiger partial charge in [0, 0.05) is 35.4 Å². The lowest BCUT2D eigenvalue weighted by molar-refractivity contribution is -0.118. The summed E-state index contributed by atoms with van der Waals surface area (Å²) in [6, 6.07) is 13.7. The molecule has 1 aliphatic heterocycles. The normalized spacial score (nSPS) is 15.9. The van der Waals surface area contributed by atoms with Crippen LogP contribution in [0.1, 0.15) is 36.0 Å². The second kappa shape index (κ2) is 11.2. The first-order valence-electron chi connectivity index (χ1n) is 12.2. The van der Waals surface area contributed by atoms with Gasteiger partial charge in [0.1, 0.15) is 12.1 Å². The van der Waals surface area contributed by atoms with Gasteiger partial charge in [-0.25, -0.2) is 4.98 Å². The summed E-state index contributed by atoms with van der Waals surface area (Å²) in [5, 5.41) is 9.06. The second-order valence-electron chi connectivity index (χ2n) is 9.14. The lowest BCUT2D eigenvalue weighted by Crippen LogP contribution is -2.44. The highest BCUT2D eigenvalue weighted by Gasteiger charge is 2.27. The third kappa shape index (κ3) is 6.57. The van der Waals surface area contributed by atoms with Gasteiger partial charge in [-0.1, -0.05) is 12.8 Å². The third-order valence-corrected chi connectivity index (χ3v) is 6.20. The van der Waals surface area contributed by atoms with Crippen molar-refractivity contribution in [1.82, 2.24) is 15.3 Å². The molecule has 9 heteroatoms. The van der Waals surface area contributed by atoms with Crippen LogP contribution < -0.4 is 20.7 Å². The Labute approximate surface area is 209 Å². The smallest absolute Gasteiger partial charge is 0.251 e. The number of carbonyl (C=O) groups is 2. The summed E-state index contributed by atoms with van der Waals surface area (Å²) in [4.78, 5) is 34.3. The van der Waals surface area contributed by atoms with Gasteiger partial charge < -0.3 is 25.4 Å². The van der Waals surface area contributed by atoms with Crippen molar-refractivity contribution in [2.75, 3.05) is 23.8 Å².